The van der Waals surface area contributed by atoms with E-state index in [9.17, 15) is 9.59 Å². The summed E-state index contributed by atoms with van der Waals surface area (Å²) in [4.78, 5) is 24.7. The van der Waals surface area contributed by atoms with E-state index in [4.69, 9.17) is 9.84 Å². The van der Waals surface area contributed by atoms with Crippen LogP contribution >= 0.6 is 0 Å². The standard InChI is InChI=1S/C15H27NO4/c1-11(2)10-12(3)20-9-7-14(17)16-8-5-4-6-13(16)15(18)19/h11-13H,4-10H2,1-3H3,(H,18,19)/t12?,13-/m1/s1. The zero-order valence-electron chi connectivity index (χ0n) is 12.8. The van der Waals surface area contributed by atoms with E-state index in [1.807, 2.05) is 6.92 Å². The maximum Gasteiger partial charge on any atom is 0.326 e. The number of carbonyl (C=O) groups excluding carboxylic acids is 1. The van der Waals surface area contributed by atoms with Gasteiger partial charge >= 0.3 is 5.97 Å². The van der Waals surface area contributed by atoms with E-state index in [1.54, 1.807) is 0 Å². The van der Waals surface area contributed by atoms with Gasteiger partial charge in [0.1, 0.15) is 6.04 Å². The zero-order valence-corrected chi connectivity index (χ0v) is 12.8. The summed E-state index contributed by atoms with van der Waals surface area (Å²) in [5.74, 6) is -0.430. The summed E-state index contributed by atoms with van der Waals surface area (Å²) in [6.45, 7) is 7.20. The lowest BCUT2D eigenvalue weighted by Gasteiger charge is -2.33. The van der Waals surface area contributed by atoms with Crippen LogP contribution in [0.15, 0.2) is 0 Å². The first-order valence-corrected chi connectivity index (χ1v) is 7.55. The van der Waals surface area contributed by atoms with Gasteiger partial charge in [-0.3, -0.25) is 4.79 Å². The number of likely N-dealkylation sites (tertiary alicyclic amines) is 1. The Bertz CT molecular complexity index is 330. The van der Waals surface area contributed by atoms with Crippen molar-refractivity contribution in [3.63, 3.8) is 0 Å². The van der Waals surface area contributed by atoms with E-state index in [-0.39, 0.29) is 18.4 Å². The SMILES string of the molecule is CC(C)CC(C)OCCC(=O)N1CCCC[C@@H]1C(=O)O. The van der Waals surface area contributed by atoms with Gasteiger partial charge < -0.3 is 14.7 Å². The zero-order chi connectivity index (χ0) is 15.1. The number of ether oxygens (including phenoxy) is 1. The molecule has 0 saturated carbocycles. The maximum atomic E-state index is 12.1. The number of carbonyl (C=O) groups is 2. The molecule has 1 saturated heterocycles. The first-order valence-electron chi connectivity index (χ1n) is 7.55. The minimum atomic E-state index is -0.896. The van der Waals surface area contributed by atoms with E-state index in [0.29, 0.717) is 25.5 Å². The molecule has 1 aliphatic heterocycles. The Morgan fingerprint density at radius 3 is 2.60 bits per heavy atom. The minimum absolute atomic E-state index is 0.103. The van der Waals surface area contributed by atoms with E-state index in [1.165, 1.54) is 4.90 Å². The number of carboxylic acid groups (broad SMARTS) is 1. The Kier molecular flexibility index (Phi) is 6.99. The van der Waals surface area contributed by atoms with Crippen molar-refractivity contribution < 1.29 is 19.4 Å². The van der Waals surface area contributed by atoms with E-state index < -0.39 is 12.0 Å². The third-order valence-electron chi connectivity index (χ3n) is 3.63. The Morgan fingerprint density at radius 1 is 1.30 bits per heavy atom. The van der Waals surface area contributed by atoms with Crippen LogP contribution in [-0.2, 0) is 14.3 Å². The van der Waals surface area contributed by atoms with Gasteiger partial charge in [0.25, 0.3) is 0 Å². The molecule has 0 aliphatic carbocycles. The van der Waals surface area contributed by atoms with Crippen LogP contribution in [0.3, 0.4) is 0 Å². The van der Waals surface area contributed by atoms with Gasteiger partial charge in [-0.2, -0.15) is 0 Å². The molecule has 2 atom stereocenters. The molecule has 5 nitrogen and oxygen atoms in total. The predicted molar refractivity (Wildman–Crippen MR) is 76.5 cm³/mol. The van der Waals surface area contributed by atoms with E-state index in [0.717, 1.165) is 19.3 Å². The predicted octanol–water partition coefficient (Wildman–Crippen LogP) is 2.29. The average molecular weight is 285 g/mol. The lowest BCUT2D eigenvalue weighted by molar-refractivity contribution is -0.152. The van der Waals surface area contributed by atoms with Gasteiger partial charge in [-0.1, -0.05) is 13.8 Å². The van der Waals surface area contributed by atoms with Crippen molar-refractivity contribution in [1.29, 1.82) is 0 Å². The van der Waals surface area contributed by atoms with E-state index in [2.05, 4.69) is 13.8 Å². The number of piperidine rings is 1. The molecule has 0 aromatic rings. The number of hydrogen-bond donors (Lipinski definition) is 1. The van der Waals surface area contributed by atoms with Crippen molar-refractivity contribution in [1.82, 2.24) is 4.90 Å². The summed E-state index contributed by atoms with van der Waals surface area (Å²) in [6.07, 6.45) is 3.70. The highest BCUT2D eigenvalue weighted by atomic mass is 16.5. The second-order valence-corrected chi connectivity index (χ2v) is 6.00. The van der Waals surface area contributed by atoms with Crippen LogP contribution in [0.4, 0.5) is 0 Å². The molecule has 0 aromatic heterocycles. The van der Waals surface area contributed by atoms with Crippen molar-refractivity contribution in [2.45, 2.75) is 65.0 Å². The van der Waals surface area contributed by atoms with Crippen LogP contribution in [0, 0.1) is 5.92 Å². The molecule has 1 unspecified atom stereocenters. The molecule has 1 fully saturated rings. The smallest absolute Gasteiger partial charge is 0.326 e. The molecule has 0 aromatic carbocycles. The molecule has 116 valence electrons. The molecule has 1 aliphatic rings. The summed E-state index contributed by atoms with van der Waals surface area (Å²) >= 11 is 0. The largest absolute Gasteiger partial charge is 0.480 e. The fourth-order valence-corrected chi connectivity index (χ4v) is 2.71. The topological polar surface area (TPSA) is 66.8 Å². The van der Waals surface area contributed by atoms with Gasteiger partial charge in [-0.15, -0.1) is 0 Å². The molecular formula is C15H27NO4. The fourth-order valence-electron chi connectivity index (χ4n) is 2.71. The fraction of sp³-hybridized carbons (Fsp3) is 0.867. The lowest BCUT2D eigenvalue weighted by atomic mass is 10.0. The van der Waals surface area contributed by atoms with Gasteiger partial charge in [0, 0.05) is 6.54 Å². The highest BCUT2D eigenvalue weighted by Gasteiger charge is 2.31. The third kappa shape index (κ3) is 5.49. The minimum Gasteiger partial charge on any atom is -0.480 e. The number of amides is 1. The third-order valence-corrected chi connectivity index (χ3v) is 3.63. The summed E-state index contributed by atoms with van der Waals surface area (Å²) in [7, 11) is 0. The van der Waals surface area contributed by atoms with Gasteiger partial charge in [-0.05, 0) is 38.5 Å². The van der Waals surface area contributed by atoms with Gasteiger partial charge in [0.05, 0.1) is 19.1 Å². The number of nitrogens with zero attached hydrogens (tertiary/aromatic N) is 1. The lowest BCUT2D eigenvalue weighted by Crippen LogP contribution is -2.48. The number of aliphatic carboxylic acids is 1. The summed E-state index contributed by atoms with van der Waals surface area (Å²) in [6, 6.07) is -0.649. The van der Waals surface area contributed by atoms with Crippen LogP contribution in [0.1, 0.15) is 52.9 Å². The van der Waals surface area contributed by atoms with Crippen molar-refractivity contribution in [3.8, 4) is 0 Å². The number of rotatable bonds is 7. The highest BCUT2D eigenvalue weighted by Crippen LogP contribution is 2.18. The molecule has 1 amide bonds. The molecule has 0 spiro atoms. The van der Waals surface area contributed by atoms with Crippen molar-refractivity contribution in [3.05, 3.63) is 0 Å². The van der Waals surface area contributed by atoms with Crippen LogP contribution in [0.2, 0.25) is 0 Å². The van der Waals surface area contributed by atoms with Crippen LogP contribution in [0.5, 0.6) is 0 Å². The van der Waals surface area contributed by atoms with Crippen LogP contribution in [0.25, 0.3) is 0 Å². The first-order chi connectivity index (χ1) is 9.41. The van der Waals surface area contributed by atoms with Crippen LogP contribution < -0.4 is 0 Å². The van der Waals surface area contributed by atoms with E-state index >= 15 is 0 Å². The van der Waals surface area contributed by atoms with Crippen LogP contribution in [-0.4, -0.2) is 47.2 Å². The Hall–Kier alpha value is -1.10. The molecule has 20 heavy (non-hydrogen) atoms. The normalized spacial score (nSPS) is 21.0. The average Bonchev–Trinajstić information content (AvgIpc) is 2.37. The van der Waals surface area contributed by atoms with Crippen molar-refractivity contribution in [2.24, 2.45) is 5.92 Å². The Balaban J connectivity index is 2.35. The Morgan fingerprint density at radius 2 is 2.00 bits per heavy atom. The van der Waals surface area contributed by atoms with Gasteiger partial charge in [0.2, 0.25) is 5.91 Å². The summed E-state index contributed by atoms with van der Waals surface area (Å²) < 4.78 is 5.62. The monoisotopic (exact) mass is 285 g/mol. The molecule has 1 heterocycles. The number of hydrogen-bond acceptors (Lipinski definition) is 3. The summed E-state index contributed by atoms with van der Waals surface area (Å²) in [5.41, 5.74) is 0. The molecule has 0 bridgehead atoms. The Labute approximate surface area is 121 Å². The second-order valence-electron chi connectivity index (χ2n) is 6.00. The van der Waals surface area contributed by atoms with Gasteiger partial charge in [0.15, 0.2) is 0 Å². The second kappa shape index (κ2) is 8.25. The highest BCUT2D eigenvalue weighted by molar-refractivity contribution is 5.83. The molecule has 0 radical (unpaired) electrons. The van der Waals surface area contributed by atoms with Crippen molar-refractivity contribution >= 4 is 11.9 Å². The summed E-state index contributed by atoms with van der Waals surface area (Å²) in [5, 5.41) is 9.15. The molecule has 5 heteroatoms. The van der Waals surface area contributed by atoms with Gasteiger partial charge in [-0.25, -0.2) is 4.79 Å². The van der Waals surface area contributed by atoms with Crippen molar-refractivity contribution in [2.75, 3.05) is 13.2 Å². The number of carboxylic acids is 1. The molecular weight excluding hydrogens is 258 g/mol. The molecule has 1 N–H and O–H groups in total. The quantitative estimate of drug-likeness (QED) is 0.779. The first kappa shape index (κ1) is 17.0. The maximum absolute atomic E-state index is 12.1. The molecule has 1 rings (SSSR count).